The van der Waals surface area contributed by atoms with Crippen molar-refractivity contribution in [3.63, 3.8) is 0 Å². The molecule has 0 aromatic heterocycles. The van der Waals surface area contributed by atoms with Gasteiger partial charge in [0.15, 0.2) is 0 Å². The first-order valence-electron chi connectivity index (χ1n) is 0. The smallest absolute Gasteiger partial charge is 0 e. The number of hydrogen-bond acceptors (Lipinski definition) is 0. The fourth-order valence-electron chi connectivity index (χ4n) is 0. The van der Waals surface area contributed by atoms with Crippen LogP contribution in [0.1, 0.15) is 32.6 Å². The molecule has 0 atom stereocenters. The molecule has 0 nitrogen and oxygen atoms in total. The molecule has 0 aromatic rings. The Hall–Kier alpha value is 0.623. The van der Waals surface area contributed by atoms with Crippen molar-refractivity contribution in [2.75, 3.05) is 0 Å². The molecular weight excluding hydrogens is 113 g/mol. The number of hydrogen-bond donors (Lipinski definition) is 0. The monoisotopic (exact) mass is 132 g/mol. The molecule has 0 saturated carbocycles. The third-order valence-electron chi connectivity index (χ3n) is 0. The van der Waals surface area contributed by atoms with Crippen molar-refractivity contribution < 1.29 is 22.3 Å². The van der Waals surface area contributed by atoms with Crippen molar-refractivity contribution in [2.45, 2.75) is 29.7 Å². The van der Waals surface area contributed by atoms with Crippen molar-refractivity contribution in [1.29, 1.82) is 0 Å². The zero-order chi connectivity index (χ0) is 0. The Morgan fingerprint density at radius 1 is 0.600 bits per heavy atom. The number of rotatable bonds is 0. The zero-order valence-electron chi connectivity index (χ0n) is 0.707. The van der Waals surface area contributed by atoms with Gasteiger partial charge in [0.05, 0.1) is 0 Å². The van der Waals surface area contributed by atoms with Gasteiger partial charge in [-0.25, -0.2) is 0 Å². The molecule has 38 valence electrons. The maximum Gasteiger partial charge on any atom is 0 e. The summed E-state index contributed by atoms with van der Waals surface area (Å²) in [6.07, 6.45) is 0. The van der Waals surface area contributed by atoms with Gasteiger partial charge in [0, 0.05) is 22.3 Å². The summed E-state index contributed by atoms with van der Waals surface area (Å²) in [6.45, 7) is 0. The minimum absolute atomic E-state index is 0. The van der Waals surface area contributed by atoms with E-state index in [9.17, 15) is 0 Å². The largest absolute Gasteiger partial charge is 0.0776 e. The van der Waals surface area contributed by atoms with E-state index in [1.54, 1.807) is 0 Å². The third-order valence-corrected chi connectivity index (χ3v) is 0. The van der Waals surface area contributed by atoms with Crippen LogP contribution in [0, 0.1) is 0 Å². The van der Waals surface area contributed by atoms with Gasteiger partial charge in [-0.05, 0) is 0 Å². The normalized spacial score (nSPS) is 0. The average Bonchev–Trinajstić information content (AvgIpc) is 0. The molecule has 5 heavy (non-hydrogen) atoms. The molecule has 1 heteroatoms. The fraction of sp³-hybridized carbons (Fsp3) is 1.00. The second kappa shape index (κ2) is 156. The minimum atomic E-state index is 0. The van der Waals surface area contributed by atoms with Gasteiger partial charge in [0.25, 0.3) is 0 Å². The molecule has 0 rings (SSSR count). The van der Waals surface area contributed by atoms with Gasteiger partial charge in [-0.3, -0.25) is 0 Å². The van der Waals surface area contributed by atoms with Crippen LogP contribution in [0.3, 0.4) is 0 Å². The summed E-state index contributed by atoms with van der Waals surface area (Å²) in [4.78, 5) is 0. The average molecular weight is 134 g/mol. The van der Waals surface area contributed by atoms with E-state index in [0.29, 0.717) is 0 Å². The second-order valence-corrected chi connectivity index (χ2v) is 0. The van der Waals surface area contributed by atoms with E-state index in [-0.39, 0.29) is 52.0 Å². The standard InChI is InChI=1S/4CH4.Zn.2H2/h4*1H4;;2*1H. The van der Waals surface area contributed by atoms with Gasteiger partial charge in [-0.2, -0.15) is 0 Å². The molecular formula is C4H20Zn. The predicted molar refractivity (Wildman–Crippen MR) is 31.2 cm³/mol. The first-order valence-corrected chi connectivity index (χ1v) is 0. The summed E-state index contributed by atoms with van der Waals surface area (Å²) in [5.74, 6) is 0. The van der Waals surface area contributed by atoms with Crippen molar-refractivity contribution in [3.8, 4) is 0 Å². The van der Waals surface area contributed by atoms with E-state index in [2.05, 4.69) is 0 Å². The molecule has 0 radical (unpaired) electrons. The Balaban J connectivity index is 0. The van der Waals surface area contributed by atoms with Crippen LogP contribution in [0.2, 0.25) is 0 Å². The van der Waals surface area contributed by atoms with E-state index < -0.39 is 0 Å². The Kier molecular flexibility index (Phi) is 9660. The molecule has 0 aromatic carbocycles. The third kappa shape index (κ3) is 81.9. The first-order chi connectivity index (χ1) is 0. The molecule has 0 amide bonds. The first kappa shape index (κ1) is 309. The van der Waals surface area contributed by atoms with Gasteiger partial charge < -0.3 is 0 Å². The van der Waals surface area contributed by atoms with Crippen molar-refractivity contribution in [3.05, 3.63) is 0 Å². The Morgan fingerprint density at radius 3 is 0.600 bits per heavy atom. The van der Waals surface area contributed by atoms with Crippen LogP contribution < -0.4 is 0 Å². The summed E-state index contributed by atoms with van der Waals surface area (Å²) in [7, 11) is 0. The van der Waals surface area contributed by atoms with Gasteiger partial charge in [-0.1, -0.05) is 29.7 Å². The summed E-state index contributed by atoms with van der Waals surface area (Å²) in [5.41, 5.74) is 0. The maximum absolute atomic E-state index is 0. The minimum Gasteiger partial charge on any atom is -0.0776 e. The quantitative estimate of drug-likeness (QED) is 0.446. The van der Waals surface area contributed by atoms with Gasteiger partial charge in [-0.15, -0.1) is 0 Å². The molecule has 0 bridgehead atoms. The molecule has 0 spiro atoms. The van der Waals surface area contributed by atoms with Crippen molar-refractivity contribution >= 4 is 0 Å². The SMILES string of the molecule is C.C.C.C.[HH].[HH].[Zn]. The molecule has 0 heterocycles. The Bertz CT molecular complexity index is 9.65. The topological polar surface area (TPSA) is 0 Å². The summed E-state index contributed by atoms with van der Waals surface area (Å²) >= 11 is 0. The van der Waals surface area contributed by atoms with E-state index >= 15 is 0 Å². The maximum atomic E-state index is 0. The summed E-state index contributed by atoms with van der Waals surface area (Å²) in [5, 5.41) is 0. The van der Waals surface area contributed by atoms with Crippen LogP contribution in [0.5, 0.6) is 0 Å². The molecule has 0 N–H and O–H groups in total. The fourth-order valence-corrected chi connectivity index (χ4v) is 0. The van der Waals surface area contributed by atoms with E-state index in [1.165, 1.54) is 0 Å². The van der Waals surface area contributed by atoms with Crippen LogP contribution in [-0.4, -0.2) is 0 Å². The van der Waals surface area contributed by atoms with Crippen molar-refractivity contribution in [2.24, 2.45) is 0 Å². The van der Waals surface area contributed by atoms with E-state index in [4.69, 9.17) is 0 Å². The second-order valence-electron chi connectivity index (χ2n) is 0. The zero-order valence-corrected chi connectivity index (χ0v) is 3.67. The van der Waals surface area contributed by atoms with E-state index in [1.807, 2.05) is 0 Å². The molecule has 0 aliphatic heterocycles. The predicted octanol–water partition coefficient (Wildman–Crippen LogP) is 3.03. The van der Waals surface area contributed by atoms with Gasteiger partial charge >= 0.3 is 0 Å². The summed E-state index contributed by atoms with van der Waals surface area (Å²) < 4.78 is 0. The Labute approximate surface area is 52.7 Å². The van der Waals surface area contributed by atoms with Gasteiger partial charge in [0.2, 0.25) is 0 Å². The summed E-state index contributed by atoms with van der Waals surface area (Å²) in [6, 6.07) is 0. The molecule has 0 saturated heterocycles. The van der Waals surface area contributed by atoms with Crippen LogP contribution in [0.25, 0.3) is 0 Å². The molecule has 0 aliphatic rings. The van der Waals surface area contributed by atoms with Gasteiger partial charge in [0.1, 0.15) is 0 Å². The molecule has 0 aliphatic carbocycles. The Morgan fingerprint density at radius 2 is 0.600 bits per heavy atom. The van der Waals surface area contributed by atoms with Crippen LogP contribution in [-0.2, 0) is 19.5 Å². The van der Waals surface area contributed by atoms with Crippen LogP contribution in [0.4, 0.5) is 0 Å². The van der Waals surface area contributed by atoms with Crippen LogP contribution >= 0.6 is 0 Å². The molecule has 0 fully saturated rings. The van der Waals surface area contributed by atoms with Crippen molar-refractivity contribution in [1.82, 2.24) is 0 Å². The van der Waals surface area contributed by atoms with Crippen LogP contribution in [0.15, 0.2) is 0 Å². The molecule has 0 unspecified atom stereocenters. The van der Waals surface area contributed by atoms with E-state index in [0.717, 1.165) is 0 Å².